The number of phenolic OH excluding ortho intramolecular Hbond substituents is 1. The van der Waals surface area contributed by atoms with E-state index in [4.69, 9.17) is 11.6 Å². The van der Waals surface area contributed by atoms with Gasteiger partial charge in [0.1, 0.15) is 11.2 Å². The van der Waals surface area contributed by atoms with Crippen LogP contribution in [0.25, 0.3) is 0 Å². The topological polar surface area (TPSA) is 44.0 Å². The third kappa shape index (κ3) is 2.05. The quantitative estimate of drug-likeness (QED) is 0.887. The predicted octanol–water partition coefficient (Wildman–Crippen LogP) is 3.88. The Kier molecular flexibility index (Phi) is 3.27. The van der Waals surface area contributed by atoms with Crippen molar-refractivity contribution in [2.45, 2.75) is 12.3 Å². The number of hydrogen-bond donors (Lipinski definition) is 1. The molecule has 0 spiro atoms. The number of aromatic hydroxyl groups is 1. The standard InChI is InChI=1S/C15H12ClNO/c1-15(10-17,11-5-3-2-4-6-11)13-8-7-12(18)9-14(13)16/h2-9,18H,1H3. The summed E-state index contributed by atoms with van der Waals surface area (Å²) in [6, 6.07) is 16.5. The zero-order chi connectivity index (χ0) is 13.2. The summed E-state index contributed by atoms with van der Waals surface area (Å²) in [5.74, 6) is 0.0945. The first kappa shape index (κ1) is 12.5. The number of nitriles is 1. The molecule has 0 aliphatic rings. The average molecular weight is 258 g/mol. The molecule has 90 valence electrons. The van der Waals surface area contributed by atoms with E-state index in [2.05, 4.69) is 6.07 Å². The lowest BCUT2D eigenvalue weighted by molar-refractivity contribution is 0.475. The first-order chi connectivity index (χ1) is 8.58. The van der Waals surface area contributed by atoms with Crippen LogP contribution in [0.1, 0.15) is 18.1 Å². The summed E-state index contributed by atoms with van der Waals surface area (Å²) in [6.07, 6.45) is 0. The third-order valence-corrected chi connectivity index (χ3v) is 3.38. The first-order valence-electron chi connectivity index (χ1n) is 5.53. The molecule has 0 saturated heterocycles. The van der Waals surface area contributed by atoms with Gasteiger partial charge < -0.3 is 5.11 Å². The van der Waals surface area contributed by atoms with Crippen molar-refractivity contribution >= 4 is 11.6 Å². The molecule has 0 fully saturated rings. The van der Waals surface area contributed by atoms with E-state index in [1.807, 2.05) is 37.3 Å². The van der Waals surface area contributed by atoms with Gasteiger partial charge in [-0.1, -0.05) is 48.0 Å². The van der Waals surface area contributed by atoms with Crippen molar-refractivity contribution in [3.8, 4) is 11.8 Å². The third-order valence-electron chi connectivity index (χ3n) is 3.07. The monoisotopic (exact) mass is 257 g/mol. The smallest absolute Gasteiger partial charge is 0.117 e. The van der Waals surface area contributed by atoms with Crippen molar-refractivity contribution < 1.29 is 5.11 Å². The lowest BCUT2D eigenvalue weighted by Gasteiger charge is -2.24. The van der Waals surface area contributed by atoms with Crippen LogP contribution in [0.5, 0.6) is 5.75 Å². The number of benzene rings is 2. The molecule has 0 saturated carbocycles. The Morgan fingerprint density at radius 2 is 1.83 bits per heavy atom. The molecule has 2 aromatic rings. The number of rotatable bonds is 2. The molecule has 0 bridgehead atoms. The van der Waals surface area contributed by atoms with Gasteiger partial charge in [0.15, 0.2) is 0 Å². The van der Waals surface area contributed by atoms with Crippen LogP contribution >= 0.6 is 11.6 Å². The van der Waals surface area contributed by atoms with Gasteiger partial charge in [0.2, 0.25) is 0 Å². The fourth-order valence-corrected chi connectivity index (χ4v) is 2.33. The molecule has 0 aliphatic carbocycles. The van der Waals surface area contributed by atoms with Gasteiger partial charge in [0.25, 0.3) is 0 Å². The second kappa shape index (κ2) is 4.72. The second-order valence-electron chi connectivity index (χ2n) is 4.27. The number of halogens is 1. The molecule has 1 atom stereocenters. The van der Waals surface area contributed by atoms with Gasteiger partial charge in [-0.15, -0.1) is 0 Å². The minimum atomic E-state index is -0.827. The summed E-state index contributed by atoms with van der Waals surface area (Å²) in [5.41, 5.74) is 0.738. The normalized spacial score (nSPS) is 13.6. The highest BCUT2D eigenvalue weighted by molar-refractivity contribution is 6.31. The number of phenols is 1. The van der Waals surface area contributed by atoms with Crippen molar-refractivity contribution in [1.82, 2.24) is 0 Å². The number of hydrogen-bond acceptors (Lipinski definition) is 2. The summed E-state index contributed by atoms with van der Waals surface area (Å²) in [5, 5.41) is 19.3. The van der Waals surface area contributed by atoms with E-state index < -0.39 is 5.41 Å². The zero-order valence-electron chi connectivity index (χ0n) is 9.89. The van der Waals surface area contributed by atoms with Crippen LogP contribution in [0.15, 0.2) is 48.5 Å². The predicted molar refractivity (Wildman–Crippen MR) is 71.6 cm³/mol. The van der Waals surface area contributed by atoms with Crippen molar-refractivity contribution in [3.63, 3.8) is 0 Å². The highest BCUT2D eigenvalue weighted by atomic mass is 35.5. The lowest BCUT2D eigenvalue weighted by Crippen LogP contribution is -2.21. The lowest BCUT2D eigenvalue weighted by atomic mass is 9.77. The Morgan fingerprint density at radius 3 is 2.39 bits per heavy atom. The summed E-state index contributed by atoms with van der Waals surface area (Å²) < 4.78 is 0. The van der Waals surface area contributed by atoms with Crippen LogP contribution in [0.4, 0.5) is 0 Å². The summed E-state index contributed by atoms with van der Waals surface area (Å²) in [7, 11) is 0. The molecule has 18 heavy (non-hydrogen) atoms. The van der Waals surface area contributed by atoms with Gasteiger partial charge in [-0.25, -0.2) is 0 Å². The Bertz CT molecular complexity index is 604. The first-order valence-corrected chi connectivity index (χ1v) is 5.91. The van der Waals surface area contributed by atoms with E-state index in [1.54, 1.807) is 12.1 Å². The molecule has 3 heteroatoms. The molecule has 0 radical (unpaired) electrons. The molecule has 2 nitrogen and oxygen atoms in total. The summed E-state index contributed by atoms with van der Waals surface area (Å²) in [6.45, 7) is 1.82. The molecule has 0 aliphatic heterocycles. The second-order valence-corrected chi connectivity index (χ2v) is 4.67. The van der Waals surface area contributed by atoms with Gasteiger partial charge in [-0.3, -0.25) is 0 Å². The van der Waals surface area contributed by atoms with E-state index in [0.29, 0.717) is 10.6 Å². The molecule has 1 unspecified atom stereocenters. The largest absolute Gasteiger partial charge is 0.508 e. The fourth-order valence-electron chi connectivity index (χ4n) is 1.96. The van der Waals surface area contributed by atoms with Crippen LogP contribution in [0.3, 0.4) is 0 Å². The van der Waals surface area contributed by atoms with Crippen LogP contribution in [0.2, 0.25) is 5.02 Å². The van der Waals surface area contributed by atoms with Crippen molar-refractivity contribution in [3.05, 3.63) is 64.7 Å². The maximum atomic E-state index is 9.51. The molecule has 0 heterocycles. The Labute approximate surface area is 111 Å². The summed E-state index contributed by atoms with van der Waals surface area (Å²) >= 11 is 6.13. The van der Waals surface area contributed by atoms with E-state index in [9.17, 15) is 10.4 Å². The van der Waals surface area contributed by atoms with E-state index >= 15 is 0 Å². The molecule has 0 aromatic heterocycles. The Hall–Kier alpha value is -1.98. The van der Waals surface area contributed by atoms with Crippen LogP contribution in [-0.4, -0.2) is 5.11 Å². The molecule has 0 amide bonds. The van der Waals surface area contributed by atoms with Crippen LogP contribution < -0.4 is 0 Å². The highest BCUT2D eigenvalue weighted by Gasteiger charge is 2.30. The molecular weight excluding hydrogens is 246 g/mol. The molecule has 2 rings (SSSR count). The van der Waals surface area contributed by atoms with Crippen LogP contribution in [0, 0.1) is 11.3 Å². The Morgan fingerprint density at radius 1 is 1.17 bits per heavy atom. The van der Waals surface area contributed by atoms with E-state index in [1.165, 1.54) is 6.07 Å². The van der Waals surface area contributed by atoms with Crippen molar-refractivity contribution in [2.24, 2.45) is 0 Å². The van der Waals surface area contributed by atoms with Crippen molar-refractivity contribution in [1.29, 1.82) is 5.26 Å². The summed E-state index contributed by atoms with van der Waals surface area (Å²) in [4.78, 5) is 0. The maximum absolute atomic E-state index is 9.51. The maximum Gasteiger partial charge on any atom is 0.117 e. The zero-order valence-corrected chi connectivity index (χ0v) is 10.6. The van der Waals surface area contributed by atoms with Gasteiger partial charge in [-0.05, 0) is 30.2 Å². The van der Waals surface area contributed by atoms with E-state index in [0.717, 1.165) is 5.56 Å². The molecular formula is C15H12ClNO. The molecule has 2 aromatic carbocycles. The average Bonchev–Trinajstić information content (AvgIpc) is 2.39. The van der Waals surface area contributed by atoms with E-state index in [-0.39, 0.29) is 5.75 Å². The fraction of sp³-hybridized carbons (Fsp3) is 0.133. The van der Waals surface area contributed by atoms with Gasteiger partial charge in [0.05, 0.1) is 6.07 Å². The van der Waals surface area contributed by atoms with Gasteiger partial charge in [-0.2, -0.15) is 5.26 Å². The minimum Gasteiger partial charge on any atom is -0.508 e. The Balaban J connectivity index is 2.62. The van der Waals surface area contributed by atoms with Gasteiger partial charge >= 0.3 is 0 Å². The minimum absolute atomic E-state index is 0.0945. The molecule has 1 N–H and O–H groups in total. The SMILES string of the molecule is CC(C#N)(c1ccccc1)c1ccc(O)cc1Cl. The number of nitrogens with zero attached hydrogens (tertiary/aromatic N) is 1. The van der Waals surface area contributed by atoms with Crippen molar-refractivity contribution in [2.75, 3.05) is 0 Å². The van der Waals surface area contributed by atoms with Gasteiger partial charge in [0, 0.05) is 5.02 Å². The van der Waals surface area contributed by atoms with Crippen LogP contribution in [-0.2, 0) is 5.41 Å². The highest BCUT2D eigenvalue weighted by Crippen LogP contribution is 2.37.